The summed E-state index contributed by atoms with van der Waals surface area (Å²) in [6, 6.07) is 29.5. The number of carbonyl (C=O) groups is 2. The summed E-state index contributed by atoms with van der Waals surface area (Å²) in [6.07, 6.45) is 5.27. The summed E-state index contributed by atoms with van der Waals surface area (Å²) in [7, 11) is -4.16. The summed E-state index contributed by atoms with van der Waals surface area (Å²) in [5.41, 5.74) is 3.74. The lowest BCUT2D eigenvalue weighted by Gasteiger charge is -2.35. The van der Waals surface area contributed by atoms with Crippen LogP contribution >= 0.6 is 11.6 Å². The molecule has 2 amide bonds. The number of amides is 2. The summed E-state index contributed by atoms with van der Waals surface area (Å²) in [5.74, 6) is -0.747. The number of halogens is 1. The van der Waals surface area contributed by atoms with E-state index in [1.54, 1.807) is 48.5 Å². The number of aryl methyl sites for hydroxylation is 2. The number of nitrogens with zero attached hydrogens (tertiary/aromatic N) is 2. The molecule has 4 aromatic rings. The Balaban J connectivity index is 1.58. The number of sulfonamides is 1. The highest BCUT2D eigenvalue weighted by Gasteiger charge is 2.35. The van der Waals surface area contributed by atoms with Crippen molar-refractivity contribution in [1.82, 2.24) is 10.2 Å². The molecule has 246 valence electrons. The Kier molecular flexibility index (Phi) is 11.4. The number of benzene rings is 4. The first kappa shape index (κ1) is 34.2. The molecule has 0 spiro atoms. The molecule has 0 saturated heterocycles. The second-order valence-electron chi connectivity index (χ2n) is 12.4. The smallest absolute Gasteiger partial charge is 0.264 e. The molecule has 1 fully saturated rings. The highest BCUT2D eigenvalue weighted by molar-refractivity contribution is 7.92. The van der Waals surface area contributed by atoms with Gasteiger partial charge in [-0.25, -0.2) is 8.42 Å². The Hall–Kier alpha value is -4.14. The molecule has 1 unspecified atom stereocenters. The fourth-order valence-electron chi connectivity index (χ4n) is 6.27. The number of carbonyl (C=O) groups excluding carboxylic acids is 2. The molecule has 0 bridgehead atoms. The van der Waals surface area contributed by atoms with Crippen molar-refractivity contribution in [2.75, 3.05) is 10.8 Å². The minimum Gasteiger partial charge on any atom is -0.352 e. The first-order valence-electron chi connectivity index (χ1n) is 16.1. The summed E-state index contributed by atoms with van der Waals surface area (Å²) < 4.78 is 29.6. The van der Waals surface area contributed by atoms with E-state index in [-0.39, 0.29) is 29.8 Å². The van der Waals surface area contributed by atoms with Gasteiger partial charge in [0, 0.05) is 24.0 Å². The third-order valence-corrected chi connectivity index (χ3v) is 10.6. The molecule has 1 saturated carbocycles. The highest BCUT2D eigenvalue weighted by atomic mass is 35.5. The van der Waals surface area contributed by atoms with Crippen molar-refractivity contribution in [2.45, 2.75) is 75.9 Å². The van der Waals surface area contributed by atoms with Crippen LogP contribution in [0.2, 0.25) is 5.02 Å². The van der Waals surface area contributed by atoms with Crippen LogP contribution in [-0.4, -0.2) is 43.8 Å². The topological polar surface area (TPSA) is 86.8 Å². The molecule has 0 heterocycles. The molecule has 9 heteroatoms. The monoisotopic (exact) mass is 671 g/mol. The Morgan fingerprint density at radius 2 is 1.43 bits per heavy atom. The molecule has 0 radical (unpaired) electrons. The maximum Gasteiger partial charge on any atom is 0.264 e. The Morgan fingerprint density at radius 1 is 0.809 bits per heavy atom. The van der Waals surface area contributed by atoms with Crippen LogP contribution in [0.1, 0.15) is 54.4 Å². The van der Waals surface area contributed by atoms with E-state index < -0.39 is 28.5 Å². The van der Waals surface area contributed by atoms with Crippen molar-refractivity contribution < 1.29 is 18.0 Å². The minimum absolute atomic E-state index is 0.0304. The van der Waals surface area contributed by atoms with Crippen molar-refractivity contribution in [2.24, 2.45) is 0 Å². The van der Waals surface area contributed by atoms with E-state index in [9.17, 15) is 18.0 Å². The van der Waals surface area contributed by atoms with Crippen LogP contribution in [-0.2, 0) is 32.6 Å². The fraction of sp³-hybridized carbons (Fsp3) is 0.316. The summed E-state index contributed by atoms with van der Waals surface area (Å²) >= 11 is 6.36. The van der Waals surface area contributed by atoms with Gasteiger partial charge in [0.15, 0.2) is 0 Å². The van der Waals surface area contributed by atoms with E-state index in [0.29, 0.717) is 10.7 Å². The normalized spacial score (nSPS) is 14.3. The molecule has 7 nitrogen and oxygen atoms in total. The Bertz CT molecular complexity index is 1760. The molecular weight excluding hydrogens is 630 g/mol. The third-order valence-electron chi connectivity index (χ3n) is 8.57. The van der Waals surface area contributed by atoms with Crippen LogP contribution in [0.3, 0.4) is 0 Å². The second-order valence-corrected chi connectivity index (χ2v) is 14.7. The quantitative estimate of drug-likeness (QED) is 0.172. The van der Waals surface area contributed by atoms with Crippen molar-refractivity contribution in [1.29, 1.82) is 0 Å². The maximum absolute atomic E-state index is 14.7. The van der Waals surface area contributed by atoms with Crippen LogP contribution in [0, 0.1) is 13.8 Å². The molecule has 0 aliphatic heterocycles. The largest absolute Gasteiger partial charge is 0.352 e. The van der Waals surface area contributed by atoms with Crippen LogP contribution < -0.4 is 9.62 Å². The van der Waals surface area contributed by atoms with Gasteiger partial charge < -0.3 is 10.2 Å². The summed E-state index contributed by atoms with van der Waals surface area (Å²) in [4.78, 5) is 30.5. The molecule has 1 aliphatic rings. The number of hydrogen-bond donors (Lipinski definition) is 1. The van der Waals surface area contributed by atoms with Gasteiger partial charge in [0.1, 0.15) is 12.6 Å². The lowest BCUT2D eigenvalue weighted by atomic mass is 9.94. The first-order chi connectivity index (χ1) is 22.6. The van der Waals surface area contributed by atoms with E-state index >= 15 is 0 Å². The number of nitrogens with one attached hydrogen (secondary N) is 1. The van der Waals surface area contributed by atoms with Gasteiger partial charge in [-0.15, -0.1) is 0 Å². The van der Waals surface area contributed by atoms with E-state index in [1.165, 1.54) is 17.0 Å². The van der Waals surface area contributed by atoms with Gasteiger partial charge in [-0.05, 0) is 85.3 Å². The molecular formula is C38H42ClN3O4S. The third kappa shape index (κ3) is 9.02. The lowest BCUT2D eigenvalue weighted by molar-refractivity contribution is -0.140. The standard InChI is InChI=1S/C38H42ClN3O4S/c1-28-21-29(2)23-34(22-28)42(47(45,46)35-19-10-5-11-20-35)27-37(43)41(26-31-15-12-16-32(39)24-31)36(25-30-13-6-3-7-14-30)38(44)40-33-17-8-4-9-18-33/h3,5-7,10-16,19-24,33,36H,4,8-9,17-18,25-27H2,1-2H3,(H,40,44). The number of anilines is 1. The van der Waals surface area contributed by atoms with Crippen LogP contribution in [0.25, 0.3) is 0 Å². The number of hydrogen-bond acceptors (Lipinski definition) is 4. The van der Waals surface area contributed by atoms with Crippen LogP contribution in [0.4, 0.5) is 5.69 Å². The lowest BCUT2D eigenvalue weighted by Crippen LogP contribution is -2.55. The second kappa shape index (κ2) is 15.6. The van der Waals surface area contributed by atoms with Crippen LogP contribution in [0.15, 0.2) is 108 Å². The molecule has 4 aromatic carbocycles. The van der Waals surface area contributed by atoms with Crippen LogP contribution in [0.5, 0.6) is 0 Å². The molecule has 0 aromatic heterocycles. The Labute approximate surface area is 283 Å². The highest BCUT2D eigenvalue weighted by Crippen LogP contribution is 2.27. The molecule has 1 N–H and O–H groups in total. The predicted octanol–water partition coefficient (Wildman–Crippen LogP) is 7.24. The SMILES string of the molecule is Cc1cc(C)cc(N(CC(=O)N(Cc2cccc(Cl)c2)C(Cc2ccccc2)C(=O)NC2CCCCC2)S(=O)(=O)c2ccccc2)c1. The molecule has 1 aliphatic carbocycles. The fourth-order valence-corrected chi connectivity index (χ4v) is 7.91. The van der Waals surface area contributed by atoms with Gasteiger partial charge in [0.05, 0.1) is 10.6 Å². The zero-order chi connectivity index (χ0) is 33.4. The van der Waals surface area contributed by atoms with E-state index in [1.807, 2.05) is 56.3 Å². The predicted molar refractivity (Wildman–Crippen MR) is 188 cm³/mol. The summed E-state index contributed by atoms with van der Waals surface area (Å²) in [5, 5.41) is 3.74. The minimum atomic E-state index is -4.16. The average molecular weight is 672 g/mol. The van der Waals surface area contributed by atoms with E-state index in [0.717, 1.165) is 58.7 Å². The molecule has 5 rings (SSSR count). The van der Waals surface area contributed by atoms with Crippen molar-refractivity contribution in [3.63, 3.8) is 0 Å². The van der Waals surface area contributed by atoms with Gasteiger partial charge in [-0.2, -0.15) is 0 Å². The van der Waals surface area contributed by atoms with Crippen molar-refractivity contribution in [3.05, 3.63) is 130 Å². The van der Waals surface area contributed by atoms with E-state index in [2.05, 4.69) is 5.32 Å². The van der Waals surface area contributed by atoms with Crippen molar-refractivity contribution >= 4 is 39.1 Å². The van der Waals surface area contributed by atoms with Gasteiger partial charge in [-0.3, -0.25) is 13.9 Å². The Morgan fingerprint density at radius 3 is 2.06 bits per heavy atom. The van der Waals surface area contributed by atoms with Gasteiger partial charge in [0.2, 0.25) is 11.8 Å². The summed E-state index contributed by atoms with van der Waals surface area (Å²) in [6.45, 7) is 3.36. The molecule has 47 heavy (non-hydrogen) atoms. The van der Waals surface area contributed by atoms with Crippen molar-refractivity contribution in [3.8, 4) is 0 Å². The van der Waals surface area contributed by atoms with Gasteiger partial charge >= 0.3 is 0 Å². The maximum atomic E-state index is 14.7. The average Bonchev–Trinajstić information content (AvgIpc) is 3.06. The molecule has 1 atom stereocenters. The first-order valence-corrected chi connectivity index (χ1v) is 18.0. The number of rotatable bonds is 12. The van der Waals surface area contributed by atoms with E-state index in [4.69, 9.17) is 11.6 Å². The van der Waals surface area contributed by atoms with Gasteiger partial charge in [-0.1, -0.05) is 97.6 Å². The zero-order valence-electron chi connectivity index (χ0n) is 26.9. The van der Waals surface area contributed by atoms with Gasteiger partial charge in [0.25, 0.3) is 10.0 Å². The zero-order valence-corrected chi connectivity index (χ0v) is 28.5.